The van der Waals surface area contributed by atoms with Crippen molar-refractivity contribution in [2.75, 3.05) is 5.75 Å². The van der Waals surface area contributed by atoms with Crippen molar-refractivity contribution >= 4 is 37.4 Å². The molecule has 0 aromatic carbocycles. The van der Waals surface area contributed by atoms with Crippen molar-refractivity contribution in [2.24, 2.45) is 0 Å². The molecule has 0 aliphatic rings. The van der Waals surface area contributed by atoms with E-state index in [1.165, 1.54) is 23.6 Å². The third-order valence-corrected chi connectivity index (χ3v) is 5.74. The molecular weight excluding hydrogens is 212 g/mol. The molecule has 0 spiro atoms. The Morgan fingerprint density at radius 1 is 1.58 bits per heavy atom. The second-order valence-electron chi connectivity index (χ2n) is 2.32. The van der Waals surface area contributed by atoms with Crippen LogP contribution in [0.3, 0.4) is 0 Å². The van der Waals surface area contributed by atoms with E-state index < -0.39 is 5.97 Å². The van der Waals surface area contributed by atoms with Crippen molar-refractivity contribution in [3.63, 3.8) is 0 Å². The number of carboxylic acids is 1. The number of rotatable bonds is 7. The van der Waals surface area contributed by atoms with E-state index in [2.05, 4.69) is 6.92 Å². The maximum absolute atomic E-state index is 10.4. The average molecular weight is 226 g/mol. The quantitative estimate of drug-likeness (QED) is 0.532. The monoisotopic (exact) mass is 226 g/mol. The van der Waals surface area contributed by atoms with Crippen LogP contribution in [0.15, 0.2) is 0 Å². The van der Waals surface area contributed by atoms with Crippen LogP contribution in [0.1, 0.15) is 26.7 Å². The van der Waals surface area contributed by atoms with Gasteiger partial charge in [0.1, 0.15) is 5.25 Å². The lowest BCUT2D eigenvalue weighted by Crippen LogP contribution is -2.09. The molecule has 5 heteroatoms. The molecule has 0 aromatic heterocycles. The van der Waals surface area contributed by atoms with Gasteiger partial charge < -0.3 is 5.11 Å². The molecule has 1 unspecified atom stereocenters. The minimum Gasteiger partial charge on any atom is -0.480 e. The maximum Gasteiger partial charge on any atom is 0.317 e. The van der Waals surface area contributed by atoms with Crippen molar-refractivity contribution in [2.45, 2.75) is 31.9 Å². The number of hydrogen-bond acceptors (Lipinski definition) is 4. The van der Waals surface area contributed by atoms with Gasteiger partial charge in [0, 0.05) is 5.75 Å². The molecule has 1 N–H and O–H groups in total. The zero-order valence-corrected chi connectivity index (χ0v) is 9.73. The van der Waals surface area contributed by atoms with E-state index >= 15 is 0 Å². The van der Waals surface area contributed by atoms with Crippen LogP contribution in [-0.4, -0.2) is 22.1 Å². The fourth-order valence-corrected chi connectivity index (χ4v) is 4.59. The molecule has 0 fully saturated rings. The molecule has 0 aliphatic carbocycles. The molecule has 0 saturated heterocycles. The molecule has 0 heterocycles. The highest BCUT2D eigenvalue weighted by molar-refractivity contribution is 9.09. The standard InChI is InChI=1S/C7H14O2S3/c1-3-4-5-10-12-11-6(2)7(8)9/h6H,3-5H2,1-2H3,(H,8,9). The molecule has 2 nitrogen and oxygen atoms in total. The number of carboxylic acid groups (broad SMARTS) is 1. The first-order valence-corrected chi connectivity index (χ1v) is 7.57. The lowest BCUT2D eigenvalue weighted by atomic mass is 10.4. The summed E-state index contributed by atoms with van der Waals surface area (Å²) in [7, 11) is 4.74. The Labute approximate surface area is 85.1 Å². The highest BCUT2D eigenvalue weighted by atomic mass is 33.5. The Morgan fingerprint density at radius 2 is 2.25 bits per heavy atom. The summed E-state index contributed by atoms with van der Waals surface area (Å²) in [5.74, 6) is 0.379. The van der Waals surface area contributed by atoms with Crippen LogP contribution in [0.5, 0.6) is 0 Å². The largest absolute Gasteiger partial charge is 0.480 e. The smallest absolute Gasteiger partial charge is 0.317 e. The fraction of sp³-hybridized carbons (Fsp3) is 0.857. The van der Waals surface area contributed by atoms with Crippen molar-refractivity contribution in [1.29, 1.82) is 0 Å². The van der Waals surface area contributed by atoms with Crippen molar-refractivity contribution in [3.05, 3.63) is 0 Å². The number of unbranched alkanes of at least 4 members (excludes halogenated alkanes) is 1. The number of hydrogen-bond donors (Lipinski definition) is 1. The molecule has 0 rings (SSSR count). The van der Waals surface area contributed by atoms with Gasteiger partial charge in [-0.25, -0.2) is 0 Å². The normalized spacial score (nSPS) is 12.8. The minimum atomic E-state index is -0.733. The first kappa shape index (κ1) is 12.5. The molecule has 0 radical (unpaired) electrons. The second kappa shape index (κ2) is 8.13. The predicted molar refractivity (Wildman–Crippen MR) is 59.6 cm³/mol. The predicted octanol–water partition coefficient (Wildman–Crippen LogP) is 3.29. The van der Waals surface area contributed by atoms with Gasteiger partial charge in [-0.3, -0.25) is 4.79 Å². The van der Waals surface area contributed by atoms with Gasteiger partial charge in [-0.05, 0) is 23.2 Å². The summed E-state index contributed by atoms with van der Waals surface area (Å²) in [4.78, 5) is 10.4. The molecule has 12 heavy (non-hydrogen) atoms. The van der Waals surface area contributed by atoms with E-state index in [4.69, 9.17) is 5.11 Å². The SMILES string of the molecule is CCCCSSSC(C)C(=O)O. The Hall–Kier alpha value is 0.520. The van der Waals surface area contributed by atoms with Gasteiger partial charge in [0.2, 0.25) is 0 Å². The van der Waals surface area contributed by atoms with Crippen molar-refractivity contribution < 1.29 is 9.90 Å². The first-order chi connectivity index (χ1) is 5.68. The van der Waals surface area contributed by atoms with Gasteiger partial charge in [0.25, 0.3) is 0 Å². The number of carbonyl (C=O) groups is 1. The Balaban J connectivity index is 3.14. The van der Waals surface area contributed by atoms with E-state index in [9.17, 15) is 4.79 Å². The Morgan fingerprint density at radius 3 is 2.75 bits per heavy atom. The van der Waals surface area contributed by atoms with E-state index in [-0.39, 0.29) is 5.25 Å². The molecule has 0 saturated carbocycles. The zero-order valence-electron chi connectivity index (χ0n) is 7.28. The summed E-state index contributed by atoms with van der Waals surface area (Å²) >= 11 is 0. The molecule has 0 aliphatic heterocycles. The van der Waals surface area contributed by atoms with Crippen LogP contribution in [0.4, 0.5) is 0 Å². The minimum absolute atomic E-state index is 0.302. The molecule has 1 atom stereocenters. The van der Waals surface area contributed by atoms with E-state index in [0.717, 1.165) is 5.75 Å². The molecule has 0 aromatic rings. The molecule has 0 amide bonds. The fourth-order valence-electron chi connectivity index (χ4n) is 0.365. The van der Waals surface area contributed by atoms with Gasteiger partial charge in [-0.2, -0.15) is 0 Å². The summed E-state index contributed by atoms with van der Waals surface area (Å²) in [5.41, 5.74) is 0. The lowest BCUT2D eigenvalue weighted by Gasteiger charge is -2.03. The average Bonchev–Trinajstić information content (AvgIpc) is 2.03. The summed E-state index contributed by atoms with van der Waals surface area (Å²) < 4.78 is 0. The zero-order chi connectivity index (χ0) is 9.40. The van der Waals surface area contributed by atoms with E-state index in [0.29, 0.717) is 0 Å². The van der Waals surface area contributed by atoms with Crippen molar-refractivity contribution in [1.82, 2.24) is 0 Å². The van der Waals surface area contributed by atoms with Gasteiger partial charge in [-0.1, -0.05) is 34.9 Å². The van der Waals surface area contributed by atoms with Gasteiger partial charge in [-0.15, -0.1) is 0 Å². The third kappa shape index (κ3) is 7.18. The van der Waals surface area contributed by atoms with E-state index in [1.807, 2.05) is 0 Å². The van der Waals surface area contributed by atoms with Gasteiger partial charge in [0.15, 0.2) is 0 Å². The van der Waals surface area contributed by atoms with Crippen molar-refractivity contribution in [3.8, 4) is 0 Å². The summed E-state index contributed by atoms with van der Waals surface area (Å²) in [6, 6.07) is 0. The Kier molecular flexibility index (Phi) is 8.49. The van der Waals surface area contributed by atoms with Crippen LogP contribution in [-0.2, 0) is 4.79 Å². The van der Waals surface area contributed by atoms with Crippen LogP contribution >= 0.6 is 31.4 Å². The highest BCUT2D eigenvalue weighted by Crippen LogP contribution is 2.37. The summed E-state index contributed by atoms with van der Waals surface area (Å²) in [6.45, 7) is 3.86. The lowest BCUT2D eigenvalue weighted by molar-refractivity contribution is -0.136. The summed E-state index contributed by atoms with van der Waals surface area (Å²) in [5, 5.41) is 8.24. The first-order valence-electron chi connectivity index (χ1n) is 3.86. The van der Waals surface area contributed by atoms with Crippen LogP contribution in [0.2, 0.25) is 0 Å². The summed E-state index contributed by atoms with van der Waals surface area (Å²) in [6.07, 6.45) is 2.41. The second-order valence-corrected chi connectivity index (χ2v) is 6.92. The van der Waals surface area contributed by atoms with Gasteiger partial charge in [0.05, 0.1) is 0 Å². The Bertz CT molecular complexity index is 130. The van der Waals surface area contributed by atoms with Crippen LogP contribution < -0.4 is 0 Å². The topological polar surface area (TPSA) is 37.3 Å². The molecular formula is C7H14O2S3. The van der Waals surface area contributed by atoms with Crippen LogP contribution in [0, 0.1) is 0 Å². The molecule has 72 valence electrons. The third-order valence-electron chi connectivity index (χ3n) is 1.16. The van der Waals surface area contributed by atoms with Gasteiger partial charge >= 0.3 is 5.97 Å². The number of aliphatic carboxylic acids is 1. The maximum atomic E-state index is 10.4. The van der Waals surface area contributed by atoms with Crippen LogP contribution in [0.25, 0.3) is 0 Å². The van der Waals surface area contributed by atoms with E-state index in [1.54, 1.807) is 27.5 Å². The highest BCUT2D eigenvalue weighted by Gasteiger charge is 2.10. The molecule has 0 bridgehead atoms.